The standard InChI is InChI=1S/C14H20ClN3S/c1-9(7-12-6-5-10(2)19-12)16-8-13-11(3)17-18(4)14(13)15/h5-6,9,16H,7-8H2,1-4H3. The minimum atomic E-state index is 0.425. The molecule has 1 unspecified atom stereocenters. The van der Waals surface area contributed by atoms with Gasteiger partial charge in [0, 0.05) is 35.0 Å². The van der Waals surface area contributed by atoms with Crippen molar-refractivity contribution in [3.05, 3.63) is 38.3 Å². The molecule has 1 atom stereocenters. The van der Waals surface area contributed by atoms with Crippen molar-refractivity contribution >= 4 is 22.9 Å². The third-order valence-electron chi connectivity index (χ3n) is 3.20. The molecule has 0 aromatic carbocycles. The number of hydrogen-bond donors (Lipinski definition) is 1. The molecule has 0 aliphatic carbocycles. The van der Waals surface area contributed by atoms with Gasteiger partial charge in [0.2, 0.25) is 0 Å². The van der Waals surface area contributed by atoms with Crippen LogP contribution in [-0.4, -0.2) is 15.8 Å². The molecule has 0 amide bonds. The van der Waals surface area contributed by atoms with Crippen LogP contribution in [0.1, 0.15) is 27.9 Å². The molecule has 104 valence electrons. The average Bonchev–Trinajstić information content (AvgIpc) is 2.83. The maximum Gasteiger partial charge on any atom is 0.131 e. The Morgan fingerprint density at radius 1 is 1.42 bits per heavy atom. The molecular formula is C14H20ClN3S. The summed E-state index contributed by atoms with van der Waals surface area (Å²) in [5.41, 5.74) is 2.09. The third-order valence-corrected chi connectivity index (χ3v) is 4.70. The smallest absolute Gasteiger partial charge is 0.131 e. The van der Waals surface area contributed by atoms with E-state index in [9.17, 15) is 0 Å². The molecule has 0 saturated heterocycles. The Balaban J connectivity index is 1.91. The molecule has 2 heterocycles. The fraction of sp³-hybridized carbons (Fsp3) is 0.500. The first-order valence-corrected chi connectivity index (χ1v) is 7.63. The molecular weight excluding hydrogens is 278 g/mol. The van der Waals surface area contributed by atoms with E-state index in [1.807, 2.05) is 25.3 Å². The fourth-order valence-corrected chi connectivity index (χ4v) is 3.38. The third kappa shape index (κ3) is 3.59. The zero-order valence-corrected chi connectivity index (χ0v) is 13.4. The molecule has 0 aliphatic rings. The lowest BCUT2D eigenvalue weighted by Crippen LogP contribution is -2.27. The van der Waals surface area contributed by atoms with E-state index in [-0.39, 0.29) is 0 Å². The van der Waals surface area contributed by atoms with Crippen molar-refractivity contribution in [2.24, 2.45) is 7.05 Å². The van der Waals surface area contributed by atoms with Gasteiger partial charge in [-0.25, -0.2) is 0 Å². The zero-order chi connectivity index (χ0) is 14.0. The van der Waals surface area contributed by atoms with Crippen molar-refractivity contribution in [2.75, 3.05) is 0 Å². The lowest BCUT2D eigenvalue weighted by Gasteiger charge is -2.12. The van der Waals surface area contributed by atoms with Crippen LogP contribution in [0, 0.1) is 13.8 Å². The number of aryl methyl sites for hydroxylation is 3. The normalized spacial score (nSPS) is 12.9. The Bertz CT molecular complexity index is 559. The molecule has 2 aromatic heterocycles. The highest BCUT2D eigenvalue weighted by Gasteiger charge is 2.12. The van der Waals surface area contributed by atoms with Crippen LogP contribution >= 0.6 is 22.9 Å². The average molecular weight is 298 g/mol. The van der Waals surface area contributed by atoms with Crippen LogP contribution in [0.4, 0.5) is 0 Å². The van der Waals surface area contributed by atoms with Crippen LogP contribution < -0.4 is 5.32 Å². The number of nitrogens with zero attached hydrogens (tertiary/aromatic N) is 2. The number of aromatic nitrogens is 2. The van der Waals surface area contributed by atoms with Gasteiger partial charge in [-0.1, -0.05) is 11.6 Å². The maximum atomic E-state index is 6.22. The van der Waals surface area contributed by atoms with Gasteiger partial charge in [-0.15, -0.1) is 11.3 Å². The quantitative estimate of drug-likeness (QED) is 0.916. The highest BCUT2D eigenvalue weighted by molar-refractivity contribution is 7.11. The van der Waals surface area contributed by atoms with E-state index >= 15 is 0 Å². The summed E-state index contributed by atoms with van der Waals surface area (Å²) in [5.74, 6) is 0. The number of thiophene rings is 1. The largest absolute Gasteiger partial charge is 0.310 e. The van der Waals surface area contributed by atoms with Crippen molar-refractivity contribution in [2.45, 2.75) is 39.8 Å². The van der Waals surface area contributed by atoms with Crippen LogP contribution in [0.15, 0.2) is 12.1 Å². The van der Waals surface area contributed by atoms with Crippen molar-refractivity contribution in [1.29, 1.82) is 0 Å². The van der Waals surface area contributed by atoms with E-state index in [2.05, 4.69) is 36.4 Å². The first-order chi connectivity index (χ1) is 8.97. The summed E-state index contributed by atoms with van der Waals surface area (Å²) in [6.07, 6.45) is 1.05. The second-order valence-corrected chi connectivity index (χ2v) is 6.71. The SMILES string of the molecule is Cc1ccc(CC(C)NCc2c(C)nn(C)c2Cl)s1. The van der Waals surface area contributed by atoms with E-state index in [1.54, 1.807) is 4.68 Å². The highest BCUT2D eigenvalue weighted by atomic mass is 35.5. The van der Waals surface area contributed by atoms with Crippen LogP contribution in [0.5, 0.6) is 0 Å². The lowest BCUT2D eigenvalue weighted by atomic mass is 10.2. The minimum absolute atomic E-state index is 0.425. The lowest BCUT2D eigenvalue weighted by molar-refractivity contribution is 0.547. The van der Waals surface area contributed by atoms with Gasteiger partial charge in [-0.2, -0.15) is 5.10 Å². The molecule has 2 aromatic rings. The summed E-state index contributed by atoms with van der Waals surface area (Å²) in [5, 5.41) is 8.57. The van der Waals surface area contributed by atoms with Crippen molar-refractivity contribution in [3.8, 4) is 0 Å². The Morgan fingerprint density at radius 3 is 2.68 bits per heavy atom. The molecule has 0 fully saturated rings. The van der Waals surface area contributed by atoms with Crippen LogP contribution in [0.2, 0.25) is 5.15 Å². The second kappa shape index (κ2) is 6.07. The number of halogens is 1. The first-order valence-electron chi connectivity index (χ1n) is 6.44. The molecule has 0 bridgehead atoms. The highest BCUT2D eigenvalue weighted by Crippen LogP contribution is 2.19. The van der Waals surface area contributed by atoms with Crippen LogP contribution in [0.3, 0.4) is 0 Å². The predicted molar refractivity (Wildman–Crippen MR) is 82.0 cm³/mol. The van der Waals surface area contributed by atoms with Gasteiger partial charge in [-0.3, -0.25) is 4.68 Å². The molecule has 0 saturated carbocycles. The molecule has 3 nitrogen and oxygen atoms in total. The Morgan fingerprint density at radius 2 is 2.16 bits per heavy atom. The molecule has 5 heteroatoms. The fourth-order valence-electron chi connectivity index (χ4n) is 2.12. The van der Waals surface area contributed by atoms with Gasteiger partial charge in [-0.05, 0) is 39.3 Å². The zero-order valence-electron chi connectivity index (χ0n) is 11.8. The van der Waals surface area contributed by atoms with Gasteiger partial charge in [0.1, 0.15) is 5.15 Å². The maximum absolute atomic E-state index is 6.22. The number of rotatable bonds is 5. The Labute approximate surface area is 123 Å². The van der Waals surface area contributed by atoms with Crippen molar-refractivity contribution in [1.82, 2.24) is 15.1 Å². The van der Waals surface area contributed by atoms with Gasteiger partial charge >= 0.3 is 0 Å². The van der Waals surface area contributed by atoms with Crippen LogP contribution in [-0.2, 0) is 20.0 Å². The monoisotopic (exact) mass is 297 g/mol. The predicted octanol–water partition coefficient (Wildman–Crippen LogP) is 3.47. The van der Waals surface area contributed by atoms with Gasteiger partial charge < -0.3 is 5.32 Å². The van der Waals surface area contributed by atoms with Gasteiger partial charge in [0.15, 0.2) is 0 Å². The number of nitrogens with one attached hydrogen (secondary N) is 1. The summed E-state index contributed by atoms with van der Waals surface area (Å²) >= 11 is 8.09. The molecule has 19 heavy (non-hydrogen) atoms. The van der Waals surface area contributed by atoms with E-state index in [1.165, 1.54) is 9.75 Å². The summed E-state index contributed by atoms with van der Waals surface area (Å²) in [6.45, 7) is 7.11. The summed E-state index contributed by atoms with van der Waals surface area (Å²) in [6, 6.07) is 4.81. The number of hydrogen-bond acceptors (Lipinski definition) is 3. The molecule has 0 spiro atoms. The first kappa shape index (κ1) is 14.6. The van der Waals surface area contributed by atoms with E-state index < -0.39 is 0 Å². The second-order valence-electron chi connectivity index (χ2n) is 4.98. The topological polar surface area (TPSA) is 29.9 Å². The van der Waals surface area contributed by atoms with Crippen LogP contribution in [0.25, 0.3) is 0 Å². The minimum Gasteiger partial charge on any atom is -0.310 e. The van der Waals surface area contributed by atoms with Gasteiger partial charge in [0.25, 0.3) is 0 Å². The molecule has 0 radical (unpaired) electrons. The van der Waals surface area contributed by atoms with Crippen molar-refractivity contribution in [3.63, 3.8) is 0 Å². The Kier molecular flexibility index (Phi) is 4.66. The molecule has 0 aliphatic heterocycles. The summed E-state index contributed by atoms with van der Waals surface area (Å²) in [4.78, 5) is 2.79. The van der Waals surface area contributed by atoms with E-state index in [4.69, 9.17) is 11.6 Å². The van der Waals surface area contributed by atoms with Crippen molar-refractivity contribution < 1.29 is 0 Å². The van der Waals surface area contributed by atoms with E-state index in [0.717, 1.165) is 29.4 Å². The van der Waals surface area contributed by atoms with Gasteiger partial charge in [0.05, 0.1) is 5.69 Å². The summed E-state index contributed by atoms with van der Waals surface area (Å²) in [7, 11) is 1.87. The molecule has 1 N–H and O–H groups in total. The molecule has 2 rings (SSSR count). The Hall–Kier alpha value is -0.840. The van der Waals surface area contributed by atoms with E-state index in [0.29, 0.717) is 6.04 Å². The summed E-state index contributed by atoms with van der Waals surface area (Å²) < 4.78 is 1.72.